The Hall–Kier alpha value is -3.38. The zero-order chi connectivity index (χ0) is 19.4. The van der Waals surface area contributed by atoms with Crippen LogP contribution in [0.3, 0.4) is 0 Å². The van der Waals surface area contributed by atoms with Gasteiger partial charge in [-0.3, -0.25) is 0 Å². The van der Waals surface area contributed by atoms with Gasteiger partial charge in [0, 0.05) is 0 Å². The van der Waals surface area contributed by atoms with E-state index in [1.54, 1.807) is 22.3 Å². The van der Waals surface area contributed by atoms with Gasteiger partial charge in [0.05, 0.1) is 0 Å². The van der Waals surface area contributed by atoms with Gasteiger partial charge >= 0.3 is 0 Å². The molecule has 0 saturated carbocycles. The van der Waals surface area contributed by atoms with E-state index in [0.29, 0.717) is 0 Å². The summed E-state index contributed by atoms with van der Waals surface area (Å²) in [4.78, 5) is 0. The number of fused-ring (bicyclic) bond motifs is 12. The van der Waals surface area contributed by atoms with E-state index >= 15 is 0 Å². The Labute approximate surface area is 175 Å². The second-order valence-corrected chi connectivity index (χ2v) is 9.16. The third-order valence-corrected chi connectivity index (χ3v) is 7.88. The van der Waals surface area contributed by atoms with Crippen LogP contribution in [0.25, 0.3) is 44.8 Å². The first-order valence-electron chi connectivity index (χ1n) is 11.1. The highest BCUT2D eigenvalue weighted by molar-refractivity contribution is 6.11. The SMILES string of the molecule is C1=Cc2ccc3c4c(ccc3c2C1)C1=C(C4)c2ccc3c4c(ccc3c2C1)C=CC4. The molecule has 140 valence electrons. The Morgan fingerprint density at radius 2 is 0.867 bits per heavy atom. The quantitative estimate of drug-likeness (QED) is 0.304. The molecular weight excluding hydrogens is 360 g/mol. The van der Waals surface area contributed by atoms with Crippen molar-refractivity contribution in [3.63, 3.8) is 0 Å². The lowest BCUT2D eigenvalue weighted by molar-refractivity contribution is 1.28. The minimum Gasteiger partial charge on any atom is -0.0795 e. The molecule has 4 aromatic carbocycles. The molecule has 0 unspecified atom stereocenters. The Morgan fingerprint density at radius 1 is 0.433 bits per heavy atom. The topological polar surface area (TPSA) is 0 Å². The van der Waals surface area contributed by atoms with E-state index in [9.17, 15) is 0 Å². The molecule has 0 bridgehead atoms. The summed E-state index contributed by atoms with van der Waals surface area (Å²) >= 11 is 0. The molecule has 0 aromatic heterocycles. The predicted molar refractivity (Wildman–Crippen MR) is 128 cm³/mol. The highest BCUT2D eigenvalue weighted by atomic mass is 14.4. The summed E-state index contributed by atoms with van der Waals surface area (Å²) in [6.45, 7) is 0. The van der Waals surface area contributed by atoms with Gasteiger partial charge in [0.1, 0.15) is 0 Å². The molecule has 0 heterocycles. The van der Waals surface area contributed by atoms with E-state index in [-0.39, 0.29) is 0 Å². The fraction of sp³-hybridized carbons (Fsp3) is 0.133. The second kappa shape index (κ2) is 5.21. The maximum atomic E-state index is 2.41. The highest BCUT2D eigenvalue weighted by Gasteiger charge is 2.32. The first-order valence-corrected chi connectivity index (χ1v) is 11.1. The van der Waals surface area contributed by atoms with Crippen LogP contribution in [0.4, 0.5) is 0 Å². The number of benzene rings is 4. The molecular formula is C30H20. The molecule has 4 aromatic rings. The normalized spacial score (nSPS) is 17.1. The smallest absolute Gasteiger partial charge is 0.000444 e. The monoisotopic (exact) mass is 380 g/mol. The van der Waals surface area contributed by atoms with E-state index in [1.807, 2.05) is 0 Å². The van der Waals surface area contributed by atoms with Crippen LogP contribution < -0.4 is 0 Å². The molecule has 0 atom stereocenters. The second-order valence-electron chi connectivity index (χ2n) is 9.16. The van der Waals surface area contributed by atoms with Gasteiger partial charge in [-0.05, 0) is 103 Å². The fourth-order valence-corrected chi connectivity index (χ4v) is 6.50. The number of hydrogen-bond donors (Lipinski definition) is 0. The first kappa shape index (κ1) is 15.5. The highest BCUT2D eigenvalue weighted by Crippen LogP contribution is 2.50. The average Bonchev–Trinajstić information content (AvgIpc) is 3.54. The summed E-state index contributed by atoms with van der Waals surface area (Å²) in [6.07, 6.45) is 13.5. The van der Waals surface area contributed by atoms with Gasteiger partial charge in [-0.25, -0.2) is 0 Å². The fourth-order valence-electron chi connectivity index (χ4n) is 6.50. The Balaban J connectivity index is 1.30. The van der Waals surface area contributed by atoms with Crippen LogP contribution >= 0.6 is 0 Å². The van der Waals surface area contributed by atoms with Gasteiger partial charge in [-0.2, -0.15) is 0 Å². The van der Waals surface area contributed by atoms with Crippen LogP contribution in [0.2, 0.25) is 0 Å². The lowest BCUT2D eigenvalue weighted by Crippen LogP contribution is -1.97. The standard InChI is InChI=1S/C30H20/c1-3-17-7-9-23-21(19(17)5-1)11-13-25-27(23)15-29-26-14-12-22-20-6-2-4-18(20)8-10-24(22)28(26)16-30(25)29/h1-4,7-14H,5-6,15-16H2. The number of allylic oxidation sites excluding steroid dienone is 4. The van der Waals surface area contributed by atoms with Gasteiger partial charge in [-0.1, -0.05) is 72.8 Å². The van der Waals surface area contributed by atoms with Crippen molar-refractivity contribution < 1.29 is 0 Å². The minimum atomic E-state index is 1.08. The molecule has 4 aliphatic carbocycles. The van der Waals surface area contributed by atoms with E-state index in [4.69, 9.17) is 0 Å². The zero-order valence-electron chi connectivity index (χ0n) is 16.8. The molecule has 4 aliphatic rings. The lowest BCUT2D eigenvalue weighted by Gasteiger charge is -2.15. The average molecular weight is 380 g/mol. The third-order valence-electron chi connectivity index (χ3n) is 7.88. The van der Waals surface area contributed by atoms with E-state index in [1.165, 1.54) is 54.9 Å². The Bertz CT molecular complexity index is 1450. The van der Waals surface area contributed by atoms with Crippen molar-refractivity contribution in [1.82, 2.24) is 0 Å². The van der Waals surface area contributed by atoms with E-state index in [2.05, 4.69) is 72.8 Å². The van der Waals surface area contributed by atoms with Crippen molar-refractivity contribution in [2.24, 2.45) is 0 Å². The van der Waals surface area contributed by atoms with Crippen LogP contribution in [-0.2, 0) is 25.7 Å². The zero-order valence-corrected chi connectivity index (χ0v) is 16.8. The molecule has 0 heteroatoms. The molecule has 0 radical (unpaired) electrons. The van der Waals surface area contributed by atoms with Crippen LogP contribution in [0.5, 0.6) is 0 Å². The summed E-state index contributed by atoms with van der Waals surface area (Å²) < 4.78 is 0. The summed E-state index contributed by atoms with van der Waals surface area (Å²) in [5.74, 6) is 0. The molecule has 0 aliphatic heterocycles. The molecule has 0 fully saturated rings. The van der Waals surface area contributed by atoms with Gasteiger partial charge in [0.25, 0.3) is 0 Å². The molecule has 0 spiro atoms. The van der Waals surface area contributed by atoms with Gasteiger partial charge in [0.2, 0.25) is 0 Å². The number of rotatable bonds is 0. The van der Waals surface area contributed by atoms with Crippen LogP contribution in [0, 0.1) is 0 Å². The van der Waals surface area contributed by atoms with Crippen LogP contribution in [0.15, 0.2) is 60.7 Å². The van der Waals surface area contributed by atoms with Crippen LogP contribution in [-0.4, -0.2) is 0 Å². The summed E-state index contributed by atoms with van der Waals surface area (Å²) in [7, 11) is 0. The van der Waals surface area contributed by atoms with E-state index in [0.717, 1.165) is 25.7 Å². The maximum absolute atomic E-state index is 2.41. The van der Waals surface area contributed by atoms with Gasteiger partial charge in [0.15, 0.2) is 0 Å². The minimum absolute atomic E-state index is 1.08. The molecule has 8 rings (SSSR count). The van der Waals surface area contributed by atoms with Crippen LogP contribution in [0.1, 0.15) is 44.5 Å². The first-order chi connectivity index (χ1) is 14.9. The predicted octanol–water partition coefficient (Wildman–Crippen LogP) is 7.15. The van der Waals surface area contributed by atoms with Crippen molar-refractivity contribution >= 4 is 44.8 Å². The molecule has 0 saturated heterocycles. The summed E-state index contributed by atoms with van der Waals surface area (Å²) in [5.41, 5.74) is 15.1. The largest absolute Gasteiger partial charge is 0.0795 e. The van der Waals surface area contributed by atoms with Crippen molar-refractivity contribution in [1.29, 1.82) is 0 Å². The van der Waals surface area contributed by atoms with Gasteiger partial charge in [-0.15, -0.1) is 0 Å². The maximum Gasteiger partial charge on any atom is -0.000444 e. The number of hydrogen-bond acceptors (Lipinski definition) is 0. The van der Waals surface area contributed by atoms with Crippen molar-refractivity contribution in [2.75, 3.05) is 0 Å². The van der Waals surface area contributed by atoms with Crippen molar-refractivity contribution in [2.45, 2.75) is 25.7 Å². The summed E-state index contributed by atoms with van der Waals surface area (Å²) in [5, 5.41) is 5.85. The molecule has 0 N–H and O–H groups in total. The Morgan fingerprint density at radius 3 is 1.37 bits per heavy atom. The van der Waals surface area contributed by atoms with Crippen molar-refractivity contribution in [3.05, 3.63) is 105 Å². The Kier molecular flexibility index (Phi) is 2.68. The van der Waals surface area contributed by atoms with Crippen molar-refractivity contribution in [3.8, 4) is 0 Å². The molecule has 0 nitrogen and oxygen atoms in total. The molecule has 0 amide bonds. The van der Waals surface area contributed by atoms with Gasteiger partial charge < -0.3 is 0 Å². The third kappa shape index (κ3) is 1.75. The summed E-state index contributed by atoms with van der Waals surface area (Å²) in [6, 6.07) is 19.0. The lowest BCUT2D eigenvalue weighted by atomic mass is 9.89. The van der Waals surface area contributed by atoms with E-state index < -0.39 is 0 Å². The molecule has 30 heavy (non-hydrogen) atoms.